The molecule has 0 saturated carbocycles. The Hall–Kier alpha value is -0.830. The molecule has 0 aliphatic heterocycles. The number of aromatic nitrogens is 2. The predicted molar refractivity (Wildman–Crippen MR) is 59.4 cm³/mol. The summed E-state index contributed by atoms with van der Waals surface area (Å²) in [5, 5.41) is 7.64. The van der Waals surface area contributed by atoms with Crippen molar-refractivity contribution in [1.29, 1.82) is 0 Å². The molecule has 0 aromatic carbocycles. The Morgan fingerprint density at radius 1 is 1.36 bits per heavy atom. The van der Waals surface area contributed by atoms with Crippen molar-refractivity contribution in [3.63, 3.8) is 0 Å². The lowest BCUT2D eigenvalue weighted by molar-refractivity contribution is 0.638. The van der Waals surface area contributed by atoms with E-state index in [1.54, 1.807) is 0 Å². The number of hydrogen-bond donors (Lipinski definition) is 1. The van der Waals surface area contributed by atoms with E-state index >= 15 is 0 Å². The number of rotatable bonds is 7. The van der Waals surface area contributed by atoms with Crippen LogP contribution in [0.5, 0.6) is 0 Å². The summed E-state index contributed by atoms with van der Waals surface area (Å²) >= 11 is 0. The molecular weight excluding hydrogens is 174 g/mol. The highest BCUT2D eigenvalue weighted by Gasteiger charge is 1.96. The minimum Gasteiger partial charge on any atom is -0.317 e. The second-order valence-electron chi connectivity index (χ2n) is 3.56. The maximum Gasteiger partial charge on any atom is 0.0521 e. The molecule has 1 rings (SSSR count). The van der Waals surface area contributed by atoms with Crippen molar-refractivity contribution in [2.75, 3.05) is 13.1 Å². The van der Waals surface area contributed by atoms with Crippen LogP contribution in [-0.2, 0) is 13.0 Å². The van der Waals surface area contributed by atoms with Crippen LogP contribution in [0, 0.1) is 0 Å². The van der Waals surface area contributed by atoms with Gasteiger partial charge in [-0.05, 0) is 44.8 Å². The van der Waals surface area contributed by atoms with Gasteiger partial charge < -0.3 is 5.32 Å². The number of aryl methyl sites for hydroxylation is 2. The van der Waals surface area contributed by atoms with E-state index in [0.29, 0.717) is 0 Å². The average molecular weight is 195 g/mol. The summed E-state index contributed by atoms with van der Waals surface area (Å²) in [5.74, 6) is 0. The number of nitrogens with one attached hydrogen (secondary N) is 1. The van der Waals surface area contributed by atoms with Crippen molar-refractivity contribution >= 4 is 0 Å². The summed E-state index contributed by atoms with van der Waals surface area (Å²) in [7, 11) is 0. The summed E-state index contributed by atoms with van der Waals surface area (Å²) in [4.78, 5) is 0. The van der Waals surface area contributed by atoms with E-state index in [1.807, 2.05) is 10.9 Å². The highest BCUT2D eigenvalue weighted by molar-refractivity contribution is 5.03. The topological polar surface area (TPSA) is 29.9 Å². The lowest BCUT2D eigenvalue weighted by atomic mass is 10.2. The standard InChI is InChI=1S/C11H21N3/c1-3-7-12-8-5-6-11-9-13-14(4-2)10-11/h9-10,12H,3-8H2,1-2H3. The lowest BCUT2D eigenvalue weighted by Gasteiger charge is -2.00. The lowest BCUT2D eigenvalue weighted by Crippen LogP contribution is -2.16. The smallest absolute Gasteiger partial charge is 0.0521 e. The third kappa shape index (κ3) is 3.92. The van der Waals surface area contributed by atoms with Gasteiger partial charge >= 0.3 is 0 Å². The van der Waals surface area contributed by atoms with E-state index in [2.05, 4.69) is 30.5 Å². The molecule has 0 aliphatic rings. The minimum absolute atomic E-state index is 0.966. The molecule has 14 heavy (non-hydrogen) atoms. The molecule has 0 fully saturated rings. The van der Waals surface area contributed by atoms with Gasteiger partial charge in [-0.1, -0.05) is 6.92 Å². The molecule has 0 radical (unpaired) electrons. The molecule has 1 N–H and O–H groups in total. The van der Waals surface area contributed by atoms with E-state index in [9.17, 15) is 0 Å². The van der Waals surface area contributed by atoms with Gasteiger partial charge in [-0.2, -0.15) is 5.10 Å². The molecule has 80 valence electrons. The molecule has 0 aliphatic carbocycles. The SMILES string of the molecule is CCCNCCCc1cnn(CC)c1. The molecule has 3 heteroatoms. The van der Waals surface area contributed by atoms with Gasteiger partial charge in [0, 0.05) is 12.7 Å². The second-order valence-corrected chi connectivity index (χ2v) is 3.56. The van der Waals surface area contributed by atoms with Crippen molar-refractivity contribution in [3.05, 3.63) is 18.0 Å². The molecule has 1 aromatic heterocycles. The minimum atomic E-state index is 0.966. The molecule has 0 amide bonds. The van der Waals surface area contributed by atoms with Crippen molar-refractivity contribution in [2.24, 2.45) is 0 Å². The summed E-state index contributed by atoms with van der Waals surface area (Å²) in [5.41, 5.74) is 1.35. The molecule has 1 heterocycles. The van der Waals surface area contributed by atoms with Crippen LogP contribution in [0.25, 0.3) is 0 Å². The monoisotopic (exact) mass is 195 g/mol. The molecule has 0 bridgehead atoms. The van der Waals surface area contributed by atoms with Crippen LogP contribution >= 0.6 is 0 Å². The zero-order valence-corrected chi connectivity index (χ0v) is 9.29. The van der Waals surface area contributed by atoms with Crippen molar-refractivity contribution in [2.45, 2.75) is 39.7 Å². The van der Waals surface area contributed by atoms with Crippen molar-refractivity contribution in [1.82, 2.24) is 15.1 Å². The number of hydrogen-bond acceptors (Lipinski definition) is 2. The van der Waals surface area contributed by atoms with Gasteiger partial charge in [0.15, 0.2) is 0 Å². The zero-order valence-electron chi connectivity index (χ0n) is 9.29. The van der Waals surface area contributed by atoms with Gasteiger partial charge in [0.05, 0.1) is 6.20 Å². The van der Waals surface area contributed by atoms with Gasteiger partial charge in [0.25, 0.3) is 0 Å². The van der Waals surface area contributed by atoms with E-state index in [0.717, 1.165) is 26.1 Å². The Morgan fingerprint density at radius 3 is 2.86 bits per heavy atom. The fraction of sp³-hybridized carbons (Fsp3) is 0.727. The molecule has 3 nitrogen and oxygen atoms in total. The van der Waals surface area contributed by atoms with Crippen molar-refractivity contribution < 1.29 is 0 Å². The van der Waals surface area contributed by atoms with Crippen LogP contribution in [0.4, 0.5) is 0 Å². The fourth-order valence-corrected chi connectivity index (χ4v) is 1.43. The first-order chi connectivity index (χ1) is 6.86. The normalized spacial score (nSPS) is 10.7. The predicted octanol–water partition coefficient (Wildman–Crippen LogP) is 1.84. The molecular formula is C11H21N3. The van der Waals surface area contributed by atoms with Gasteiger partial charge in [-0.3, -0.25) is 4.68 Å². The van der Waals surface area contributed by atoms with E-state index < -0.39 is 0 Å². The average Bonchev–Trinajstić information content (AvgIpc) is 2.65. The Morgan fingerprint density at radius 2 is 2.21 bits per heavy atom. The van der Waals surface area contributed by atoms with Gasteiger partial charge in [-0.15, -0.1) is 0 Å². The van der Waals surface area contributed by atoms with E-state index in [1.165, 1.54) is 18.4 Å². The number of nitrogens with zero attached hydrogens (tertiary/aromatic N) is 2. The van der Waals surface area contributed by atoms with Crippen LogP contribution in [0.15, 0.2) is 12.4 Å². The van der Waals surface area contributed by atoms with Gasteiger partial charge in [0.1, 0.15) is 0 Å². The third-order valence-corrected chi connectivity index (χ3v) is 2.26. The highest BCUT2D eigenvalue weighted by Crippen LogP contribution is 2.00. The Balaban J connectivity index is 2.12. The first kappa shape index (κ1) is 11.2. The van der Waals surface area contributed by atoms with Crippen molar-refractivity contribution in [3.8, 4) is 0 Å². The summed E-state index contributed by atoms with van der Waals surface area (Å²) in [6.07, 6.45) is 7.67. The summed E-state index contributed by atoms with van der Waals surface area (Å²) in [6, 6.07) is 0. The van der Waals surface area contributed by atoms with Gasteiger partial charge in [0.2, 0.25) is 0 Å². The molecule has 1 aromatic rings. The quantitative estimate of drug-likeness (QED) is 0.673. The fourth-order valence-electron chi connectivity index (χ4n) is 1.43. The maximum atomic E-state index is 4.25. The maximum absolute atomic E-state index is 4.25. The van der Waals surface area contributed by atoms with Crippen LogP contribution in [0.3, 0.4) is 0 Å². The molecule has 0 atom stereocenters. The van der Waals surface area contributed by atoms with Crippen LogP contribution < -0.4 is 5.32 Å². The summed E-state index contributed by atoms with van der Waals surface area (Å²) in [6.45, 7) is 7.52. The van der Waals surface area contributed by atoms with E-state index in [4.69, 9.17) is 0 Å². The highest BCUT2D eigenvalue weighted by atomic mass is 15.3. The first-order valence-electron chi connectivity index (χ1n) is 5.58. The van der Waals surface area contributed by atoms with Crippen LogP contribution in [-0.4, -0.2) is 22.9 Å². The Labute approximate surface area is 86.5 Å². The Bertz CT molecular complexity index is 242. The largest absolute Gasteiger partial charge is 0.317 e. The first-order valence-corrected chi connectivity index (χ1v) is 5.58. The Kier molecular flexibility index (Phi) is 5.30. The molecule has 0 saturated heterocycles. The van der Waals surface area contributed by atoms with Crippen LogP contribution in [0.2, 0.25) is 0 Å². The third-order valence-electron chi connectivity index (χ3n) is 2.26. The summed E-state index contributed by atoms with van der Waals surface area (Å²) < 4.78 is 1.98. The second kappa shape index (κ2) is 6.60. The molecule has 0 unspecified atom stereocenters. The molecule has 0 spiro atoms. The van der Waals surface area contributed by atoms with Gasteiger partial charge in [-0.25, -0.2) is 0 Å². The van der Waals surface area contributed by atoms with E-state index in [-0.39, 0.29) is 0 Å². The zero-order chi connectivity index (χ0) is 10.2. The van der Waals surface area contributed by atoms with Crippen LogP contribution in [0.1, 0.15) is 32.3 Å².